The first-order chi connectivity index (χ1) is 10.6. The second kappa shape index (κ2) is 8.25. The Labute approximate surface area is 132 Å². The van der Waals surface area contributed by atoms with Gasteiger partial charge in [0.05, 0.1) is 19.3 Å². The highest BCUT2D eigenvalue weighted by molar-refractivity contribution is 5.94. The van der Waals surface area contributed by atoms with Gasteiger partial charge in [-0.3, -0.25) is 9.69 Å². The van der Waals surface area contributed by atoms with Crippen molar-refractivity contribution in [2.75, 3.05) is 32.3 Å². The fraction of sp³-hybridized carbons (Fsp3) is 0.647. The largest absolute Gasteiger partial charge is 0.382 e. The molecule has 0 bridgehead atoms. The second-order valence-corrected chi connectivity index (χ2v) is 5.88. The van der Waals surface area contributed by atoms with Crippen LogP contribution in [0, 0.1) is 12.8 Å². The zero-order valence-corrected chi connectivity index (χ0v) is 13.7. The van der Waals surface area contributed by atoms with Crippen molar-refractivity contribution in [2.45, 2.75) is 38.7 Å². The molecule has 1 aliphatic carbocycles. The van der Waals surface area contributed by atoms with Crippen LogP contribution in [0.5, 0.6) is 0 Å². The summed E-state index contributed by atoms with van der Waals surface area (Å²) in [6, 6.07) is 3.87. The maximum atomic E-state index is 12.6. The maximum absolute atomic E-state index is 12.6. The number of anilines is 1. The number of ether oxygens (including phenoxy) is 2. The van der Waals surface area contributed by atoms with Gasteiger partial charge in [-0.2, -0.15) is 0 Å². The molecule has 0 N–H and O–H groups in total. The van der Waals surface area contributed by atoms with E-state index in [0.717, 1.165) is 37.1 Å². The van der Waals surface area contributed by atoms with Crippen molar-refractivity contribution < 1.29 is 14.3 Å². The van der Waals surface area contributed by atoms with Gasteiger partial charge in [0.1, 0.15) is 5.82 Å². The summed E-state index contributed by atoms with van der Waals surface area (Å²) in [5.41, 5.74) is 1.02. The minimum absolute atomic E-state index is 0.0775. The molecule has 0 atom stereocenters. The van der Waals surface area contributed by atoms with Crippen molar-refractivity contribution in [1.82, 2.24) is 4.98 Å². The van der Waals surface area contributed by atoms with E-state index in [4.69, 9.17) is 9.47 Å². The van der Waals surface area contributed by atoms with Gasteiger partial charge in [0.25, 0.3) is 0 Å². The quantitative estimate of drug-likeness (QED) is 0.758. The van der Waals surface area contributed by atoms with Crippen LogP contribution >= 0.6 is 0 Å². The average Bonchev–Trinajstić information content (AvgIpc) is 2.55. The number of pyridine rings is 1. The van der Waals surface area contributed by atoms with Crippen LogP contribution in [-0.4, -0.2) is 44.4 Å². The van der Waals surface area contributed by atoms with E-state index in [1.807, 2.05) is 26.1 Å². The van der Waals surface area contributed by atoms with Gasteiger partial charge in [-0.05, 0) is 44.2 Å². The maximum Gasteiger partial charge on any atom is 0.230 e. The van der Waals surface area contributed by atoms with Gasteiger partial charge in [-0.1, -0.05) is 6.07 Å². The monoisotopic (exact) mass is 306 g/mol. The number of aromatic nitrogens is 1. The minimum Gasteiger partial charge on any atom is -0.382 e. The summed E-state index contributed by atoms with van der Waals surface area (Å²) < 4.78 is 10.7. The molecule has 2 rings (SSSR count). The Balaban J connectivity index is 1.86. The Morgan fingerprint density at radius 2 is 2.05 bits per heavy atom. The van der Waals surface area contributed by atoms with Crippen LogP contribution in [0.2, 0.25) is 0 Å². The molecule has 0 spiro atoms. The number of aryl methyl sites for hydroxylation is 1. The first kappa shape index (κ1) is 16.9. The predicted molar refractivity (Wildman–Crippen MR) is 86.0 cm³/mol. The standard InChI is InChI=1S/C17H26N2O3/c1-13-5-4-10-18-16(13)19(2)17(20)14-6-8-15(9-7-14)22-12-11-21-3/h4-5,10,14-15H,6-9,11-12H2,1-3H3. The molecule has 0 saturated heterocycles. The van der Waals surface area contributed by atoms with E-state index in [1.54, 1.807) is 18.2 Å². The molecule has 0 aliphatic heterocycles. The van der Waals surface area contributed by atoms with E-state index in [-0.39, 0.29) is 17.9 Å². The van der Waals surface area contributed by atoms with Gasteiger partial charge < -0.3 is 9.47 Å². The van der Waals surface area contributed by atoms with Crippen LogP contribution in [0.25, 0.3) is 0 Å². The number of hydrogen-bond acceptors (Lipinski definition) is 4. The number of hydrogen-bond donors (Lipinski definition) is 0. The fourth-order valence-corrected chi connectivity index (χ4v) is 2.98. The third kappa shape index (κ3) is 4.27. The van der Waals surface area contributed by atoms with Crippen molar-refractivity contribution in [3.8, 4) is 0 Å². The molecular weight excluding hydrogens is 280 g/mol. The summed E-state index contributed by atoms with van der Waals surface area (Å²) in [5, 5.41) is 0. The number of carbonyl (C=O) groups is 1. The topological polar surface area (TPSA) is 51.7 Å². The number of nitrogens with zero attached hydrogens (tertiary/aromatic N) is 2. The van der Waals surface area contributed by atoms with Crippen LogP contribution < -0.4 is 4.90 Å². The molecule has 1 aliphatic rings. The molecule has 1 heterocycles. The molecule has 1 fully saturated rings. The Bertz CT molecular complexity index is 485. The molecular formula is C17H26N2O3. The normalized spacial score (nSPS) is 21.6. The minimum atomic E-state index is 0.0775. The molecule has 1 aromatic rings. The van der Waals surface area contributed by atoms with E-state index in [1.165, 1.54) is 0 Å². The molecule has 122 valence electrons. The van der Waals surface area contributed by atoms with Gasteiger partial charge in [-0.15, -0.1) is 0 Å². The predicted octanol–water partition coefficient (Wildman–Crippen LogP) is 2.57. The SMILES string of the molecule is COCCOC1CCC(C(=O)N(C)c2ncccc2C)CC1. The summed E-state index contributed by atoms with van der Waals surface area (Å²) in [6.45, 7) is 3.24. The van der Waals surface area contributed by atoms with Crippen LogP contribution in [0.4, 0.5) is 5.82 Å². The van der Waals surface area contributed by atoms with Crippen LogP contribution in [0.3, 0.4) is 0 Å². The summed E-state index contributed by atoms with van der Waals surface area (Å²) in [7, 11) is 3.49. The van der Waals surface area contributed by atoms with E-state index >= 15 is 0 Å². The van der Waals surface area contributed by atoms with Gasteiger partial charge >= 0.3 is 0 Å². The Morgan fingerprint density at radius 3 is 2.68 bits per heavy atom. The molecule has 22 heavy (non-hydrogen) atoms. The van der Waals surface area contributed by atoms with Crippen LogP contribution in [0.15, 0.2) is 18.3 Å². The lowest BCUT2D eigenvalue weighted by Crippen LogP contribution is -2.37. The van der Waals surface area contributed by atoms with E-state index in [0.29, 0.717) is 13.2 Å². The summed E-state index contributed by atoms with van der Waals surface area (Å²) >= 11 is 0. The lowest BCUT2D eigenvalue weighted by atomic mass is 9.86. The number of amides is 1. The third-order valence-electron chi connectivity index (χ3n) is 4.29. The highest BCUT2D eigenvalue weighted by atomic mass is 16.5. The summed E-state index contributed by atoms with van der Waals surface area (Å²) in [6.07, 6.45) is 5.64. The van der Waals surface area contributed by atoms with Crippen molar-refractivity contribution in [3.63, 3.8) is 0 Å². The van der Waals surface area contributed by atoms with E-state index < -0.39 is 0 Å². The zero-order chi connectivity index (χ0) is 15.9. The van der Waals surface area contributed by atoms with Crippen molar-refractivity contribution in [3.05, 3.63) is 23.9 Å². The molecule has 1 aromatic heterocycles. The van der Waals surface area contributed by atoms with E-state index in [9.17, 15) is 4.79 Å². The van der Waals surface area contributed by atoms with Gasteiger partial charge in [-0.25, -0.2) is 4.98 Å². The molecule has 5 heteroatoms. The molecule has 0 radical (unpaired) electrons. The van der Waals surface area contributed by atoms with Crippen LogP contribution in [0.1, 0.15) is 31.2 Å². The number of carbonyl (C=O) groups excluding carboxylic acids is 1. The molecule has 0 unspecified atom stereocenters. The zero-order valence-electron chi connectivity index (χ0n) is 13.7. The fourth-order valence-electron chi connectivity index (χ4n) is 2.98. The third-order valence-corrected chi connectivity index (χ3v) is 4.29. The highest BCUT2D eigenvalue weighted by Gasteiger charge is 2.29. The Kier molecular flexibility index (Phi) is 6.34. The van der Waals surface area contributed by atoms with Gasteiger partial charge in [0, 0.05) is 26.3 Å². The Hall–Kier alpha value is -1.46. The van der Waals surface area contributed by atoms with Crippen molar-refractivity contribution >= 4 is 11.7 Å². The molecule has 5 nitrogen and oxygen atoms in total. The van der Waals surface area contributed by atoms with Crippen LogP contribution in [-0.2, 0) is 14.3 Å². The molecule has 1 amide bonds. The lowest BCUT2D eigenvalue weighted by molar-refractivity contribution is -0.124. The molecule has 0 aromatic carbocycles. The van der Waals surface area contributed by atoms with Crippen molar-refractivity contribution in [2.24, 2.45) is 5.92 Å². The summed E-state index contributed by atoms with van der Waals surface area (Å²) in [5.74, 6) is 0.997. The number of rotatable bonds is 6. The van der Waals surface area contributed by atoms with Gasteiger partial charge in [0.15, 0.2) is 0 Å². The molecule has 1 saturated carbocycles. The Morgan fingerprint density at radius 1 is 1.32 bits per heavy atom. The average molecular weight is 306 g/mol. The smallest absolute Gasteiger partial charge is 0.230 e. The first-order valence-electron chi connectivity index (χ1n) is 7.93. The number of methoxy groups -OCH3 is 1. The summed E-state index contributed by atoms with van der Waals surface area (Å²) in [4.78, 5) is 18.7. The van der Waals surface area contributed by atoms with E-state index in [2.05, 4.69) is 4.98 Å². The first-order valence-corrected chi connectivity index (χ1v) is 7.93. The van der Waals surface area contributed by atoms with Gasteiger partial charge in [0.2, 0.25) is 5.91 Å². The highest BCUT2D eigenvalue weighted by Crippen LogP contribution is 2.29. The second-order valence-electron chi connectivity index (χ2n) is 5.88. The lowest BCUT2D eigenvalue weighted by Gasteiger charge is -2.30. The van der Waals surface area contributed by atoms with Crippen molar-refractivity contribution in [1.29, 1.82) is 0 Å².